The van der Waals surface area contributed by atoms with Gasteiger partial charge in [-0.1, -0.05) is 15.9 Å². The molecule has 2 rings (SSSR count). The number of halogens is 2. The molecule has 1 nitrogen and oxygen atoms in total. The fraction of sp³-hybridized carbons (Fsp3) is 0.231. The minimum Gasteiger partial charge on any atom is -0.313 e. The van der Waals surface area contributed by atoms with E-state index in [1.165, 1.54) is 11.6 Å². The number of thiophene rings is 1. The third kappa shape index (κ3) is 3.15. The Labute approximate surface area is 113 Å². The highest BCUT2D eigenvalue weighted by molar-refractivity contribution is 9.10. The molecule has 0 fully saturated rings. The van der Waals surface area contributed by atoms with E-state index in [1.807, 2.05) is 7.05 Å². The highest BCUT2D eigenvalue weighted by atomic mass is 79.9. The van der Waals surface area contributed by atoms with E-state index in [0.29, 0.717) is 0 Å². The van der Waals surface area contributed by atoms with Gasteiger partial charge in [-0.2, -0.15) is 11.3 Å². The lowest BCUT2D eigenvalue weighted by Crippen LogP contribution is -2.18. The van der Waals surface area contributed by atoms with Crippen molar-refractivity contribution in [3.8, 4) is 0 Å². The van der Waals surface area contributed by atoms with E-state index in [9.17, 15) is 4.39 Å². The zero-order valence-corrected chi connectivity index (χ0v) is 11.8. The third-order valence-corrected chi connectivity index (χ3v) is 4.20. The first-order chi connectivity index (χ1) is 8.20. The molecule has 0 amide bonds. The van der Waals surface area contributed by atoms with Crippen molar-refractivity contribution in [1.82, 2.24) is 5.32 Å². The van der Waals surface area contributed by atoms with Crippen LogP contribution in [0.5, 0.6) is 0 Å². The Morgan fingerprint density at radius 3 is 2.88 bits per heavy atom. The van der Waals surface area contributed by atoms with Crippen LogP contribution in [0.25, 0.3) is 0 Å². The van der Waals surface area contributed by atoms with Gasteiger partial charge in [0.05, 0.1) is 0 Å². The van der Waals surface area contributed by atoms with Gasteiger partial charge in [0.1, 0.15) is 5.82 Å². The fourth-order valence-corrected chi connectivity index (χ4v) is 2.90. The van der Waals surface area contributed by atoms with Crippen LogP contribution in [0.2, 0.25) is 0 Å². The number of nitrogens with one attached hydrogen (secondary N) is 1. The molecule has 90 valence electrons. The van der Waals surface area contributed by atoms with Crippen molar-refractivity contribution in [2.75, 3.05) is 7.05 Å². The maximum atomic E-state index is 13.2. The number of hydrogen-bond acceptors (Lipinski definition) is 2. The molecule has 0 saturated carbocycles. The second-order valence-corrected chi connectivity index (χ2v) is 5.47. The second kappa shape index (κ2) is 5.76. The van der Waals surface area contributed by atoms with Gasteiger partial charge in [0.15, 0.2) is 0 Å². The van der Waals surface area contributed by atoms with Crippen molar-refractivity contribution in [2.24, 2.45) is 0 Å². The summed E-state index contributed by atoms with van der Waals surface area (Å²) in [7, 11) is 1.93. The molecule has 0 aliphatic carbocycles. The molecule has 0 aliphatic rings. The molecule has 17 heavy (non-hydrogen) atoms. The molecule has 0 saturated heterocycles. The van der Waals surface area contributed by atoms with Gasteiger partial charge >= 0.3 is 0 Å². The Morgan fingerprint density at radius 2 is 2.24 bits per heavy atom. The van der Waals surface area contributed by atoms with Crippen molar-refractivity contribution >= 4 is 27.3 Å². The molecule has 1 atom stereocenters. The Kier molecular flexibility index (Phi) is 4.31. The normalized spacial score (nSPS) is 12.6. The molecule has 0 aliphatic heterocycles. The van der Waals surface area contributed by atoms with Crippen LogP contribution in [0.15, 0.2) is 39.5 Å². The SMILES string of the molecule is CNC(Cc1cc(F)ccc1Br)c1ccsc1. The monoisotopic (exact) mass is 313 g/mol. The summed E-state index contributed by atoms with van der Waals surface area (Å²) >= 11 is 5.13. The fourth-order valence-electron chi connectivity index (χ4n) is 1.78. The summed E-state index contributed by atoms with van der Waals surface area (Å²) in [5.41, 5.74) is 2.23. The zero-order chi connectivity index (χ0) is 12.3. The molecule has 1 heterocycles. The van der Waals surface area contributed by atoms with Gasteiger partial charge in [0.2, 0.25) is 0 Å². The predicted molar refractivity (Wildman–Crippen MR) is 73.9 cm³/mol. The van der Waals surface area contributed by atoms with Crippen LogP contribution in [-0.4, -0.2) is 7.05 Å². The van der Waals surface area contributed by atoms with Crippen molar-refractivity contribution in [2.45, 2.75) is 12.5 Å². The van der Waals surface area contributed by atoms with Crippen molar-refractivity contribution in [3.05, 3.63) is 56.4 Å². The molecular formula is C13H13BrFNS. The van der Waals surface area contributed by atoms with Crippen molar-refractivity contribution in [3.63, 3.8) is 0 Å². The quantitative estimate of drug-likeness (QED) is 0.894. The van der Waals surface area contributed by atoms with E-state index < -0.39 is 0 Å². The lowest BCUT2D eigenvalue weighted by atomic mass is 10.0. The summed E-state index contributed by atoms with van der Waals surface area (Å²) in [6, 6.07) is 7.12. The van der Waals surface area contributed by atoms with Gasteiger partial charge in [-0.15, -0.1) is 0 Å². The lowest BCUT2D eigenvalue weighted by molar-refractivity contribution is 0.584. The van der Waals surface area contributed by atoms with Crippen LogP contribution in [0.1, 0.15) is 17.2 Å². The van der Waals surface area contributed by atoms with Gasteiger partial charge in [-0.3, -0.25) is 0 Å². The first kappa shape index (κ1) is 12.7. The maximum Gasteiger partial charge on any atom is 0.123 e. The molecule has 0 bridgehead atoms. The molecule has 1 aromatic carbocycles. The summed E-state index contributed by atoms with van der Waals surface area (Å²) < 4.78 is 14.2. The van der Waals surface area contributed by atoms with Crippen LogP contribution < -0.4 is 5.32 Å². The van der Waals surface area contributed by atoms with E-state index >= 15 is 0 Å². The Bertz CT molecular complexity index is 484. The van der Waals surface area contributed by atoms with Gasteiger partial charge in [-0.05, 0) is 59.6 Å². The van der Waals surface area contributed by atoms with Gasteiger partial charge in [-0.25, -0.2) is 4.39 Å². The molecule has 0 spiro atoms. The number of hydrogen-bond donors (Lipinski definition) is 1. The minimum atomic E-state index is -0.191. The number of benzene rings is 1. The van der Waals surface area contributed by atoms with Crippen LogP contribution in [0.3, 0.4) is 0 Å². The average Bonchev–Trinajstić information content (AvgIpc) is 2.84. The Hall–Kier alpha value is -0.710. The van der Waals surface area contributed by atoms with Crippen LogP contribution in [0.4, 0.5) is 4.39 Å². The van der Waals surface area contributed by atoms with Gasteiger partial charge in [0.25, 0.3) is 0 Å². The maximum absolute atomic E-state index is 13.2. The smallest absolute Gasteiger partial charge is 0.123 e. The second-order valence-electron chi connectivity index (χ2n) is 3.84. The first-order valence-corrected chi connectivity index (χ1v) is 7.07. The molecule has 1 N–H and O–H groups in total. The van der Waals surface area contributed by atoms with E-state index in [2.05, 4.69) is 38.1 Å². The third-order valence-electron chi connectivity index (χ3n) is 2.73. The van der Waals surface area contributed by atoms with Crippen LogP contribution >= 0.6 is 27.3 Å². The van der Waals surface area contributed by atoms with Crippen LogP contribution in [-0.2, 0) is 6.42 Å². The summed E-state index contributed by atoms with van der Waals surface area (Å²) in [4.78, 5) is 0. The molecule has 2 aromatic rings. The summed E-state index contributed by atoms with van der Waals surface area (Å²) in [5, 5.41) is 7.44. The Balaban J connectivity index is 2.21. The molecule has 0 radical (unpaired) electrons. The highest BCUT2D eigenvalue weighted by Crippen LogP contribution is 2.25. The largest absolute Gasteiger partial charge is 0.313 e. The summed E-state index contributed by atoms with van der Waals surface area (Å²) in [5.74, 6) is -0.191. The zero-order valence-electron chi connectivity index (χ0n) is 9.41. The molecule has 1 unspecified atom stereocenters. The first-order valence-electron chi connectivity index (χ1n) is 5.34. The van der Waals surface area contributed by atoms with Gasteiger partial charge in [0, 0.05) is 10.5 Å². The molecular weight excluding hydrogens is 301 g/mol. The van der Waals surface area contributed by atoms with E-state index in [-0.39, 0.29) is 11.9 Å². The standard InChI is InChI=1S/C13H13BrFNS/c1-16-13(9-4-5-17-8-9)7-10-6-11(15)2-3-12(10)14/h2-6,8,13,16H,7H2,1H3. The van der Waals surface area contributed by atoms with E-state index in [4.69, 9.17) is 0 Å². The predicted octanol–water partition coefficient (Wildman–Crippen LogP) is 4.15. The minimum absolute atomic E-state index is 0.191. The van der Waals surface area contributed by atoms with Crippen LogP contribution in [0, 0.1) is 5.82 Å². The average molecular weight is 314 g/mol. The van der Waals surface area contributed by atoms with Crippen molar-refractivity contribution in [1.29, 1.82) is 0 Å². The number of likely N-dealkylation sites (N-methyl/N-ethyl adjacent to an activating group) is 1. The van der Waals surface area contributed by atoms with Crippen molar-refractivity contribution < 1.29 is 4.39 Å². The van der Waals surface area contributed by atoms with E-state index in [0.717, 1.165) is 16.5 Å². The van der Waals surface area contributed by atoms with Gasteiger partial charge < -0.3 is 5.32 Å². The summed E-state index contributed by atoms with van der Waals surface area (Å²) in [6.45, 7) is 0. The summed E-state index contributed by atoms with van der Waals surface area (Å²) in [6.07, 6.45) is 0.769. The Morgan fingerprint density at radius 1 is 1.41 bits per heavy atom. The topological polar surface area (TPSA) is 12.0 Å². The number of rotatable bonds is 4. The lowest BCUT2D eigenvalue weighted by Gasteiger charge is -2.16. The highest BCUT2D eigenvalue weighted by Gasteiger charge is 2.12. The molecule has 1 aromatic heterocycles. The molecule has 4 heteroatoms. The van der Waals surface area contributed by atoms with E-state index in [1.54, 1.807) is 23.5 Å².